The molecule has 0 spiro atoms. The van der Waals surface area contributed by atoms with E-state index in [0.717, 1.165) is 24.5 Å². The van der Waals surface area contributed by atoms with Crippen LogP contribution in [0.5, 0.6) is 11.5 Å². The summed E-state index contributed by atoms with van der Waals surface area (Å²) in [6.45, 7) is 2.16. The van der Waals surface area contributed by atoms with Crippen LogP contribution in [-0.4, -0.2) is 39.8 Å². The van der Waals surface area contributed by atoms with Gasteiger partial charge in [0.15, 0.2) is 0 Å². The Morgan fingerprint density at radius 2 is 1.85 bits per heavy atom. The highest BCUT2D eigenvalue weighted by Gasteiger charge is 2.17. The van der Waals surface area contributed by atoms with Crippen molar-refractivity contribution < 1.29 is 14.3 Å². The number of methoxy groups -OCH3 is 2. The second kappa shape index (κ2) is 8.86. The van der Waals surface area contributed by atoms with E-state index in [1.54, 1.807) is 32.4 Å². The lowest BCUT2D eigenvalue weighted by atomic mass is 10.2. The van der Waals surface area contributed by atoms with Crippen LogP contribution in [-0.2, 0) is 4.79 Å². The van der Waals surface area contributed by atoms with E-state index in [4.69, 9.17) is 21.1 Å². The average molecular weight is 390 g/mol. The zero-order valence-corrected chi connectivity index (χ0v) is 16.3. The Balaban J connectivity index is 1.67. The number of hydrogen-bond acceptors (Lipinski definition) is 5. The van der Waals surface area contributed by atoms with Crippen molar-refractivity contribution in [2.75, 3.05) is 49.4 Å². The molecule has 0 bridgehead atoms. The molecule has 1 aliphatic heterocycles. The third kappa shape index (κ3) is 4.77. The number of benzene rings is 2. The highest BCUT2D eigenvalue weighted by atomic mass is 35.5. The zero-order chi connectivity index (χ0) is 19.2. The molecule has 1 heterocycles. The highest BCUT2D eigenvalue weighted by Crippen LogP contribution is 2.32. The minimum atomic E-state index is -0.175. The summed E-state index contributed by atoms with van der Waals surface area (Å²) in [5.74, 6) is 1.03. The second-order valence-corrected chi connectivity index (χ2v) is 6.76. The molecule has 0 aromatic heterocycles. The molecule has 27 heavy (non-hydrogen) atoms. The lowest BCUT2D eigenvalue weighted by Crippen LogP contribution is -2.24. The summed E-state index contributed by atoms with van der Waals surface area (Å²) >= 11 is 6.15. The molecular weight excluding hydrogens is 366 g/mol. The first-order valence-corrected chi connectivity index (χ1v) is 9.29. The maximum Gasteiger partial charge on any atom is 0.243 e. The van der Waals surface area contributed by atoms with Crippen LogP contribution in [0, 0.1) is 0 Å². The second-order valence-electron chi connectivity index (χ2n) is 6.32. The molecule has 2 aromatic carbocycles. The molecule has 1 fully saturated rings. The molecule has 1 amide bonds. The Hall–Kier alpha value is -2.60. The quantitative estimate of drug-likeness (QED) is 0.749. The Morgan fingerprint density at radius 1 is 1.07 bits per heavy atom. The molecule has 2 aromatic rings. The Kier molecular flexibility index (Phi) is 6.29. The molecule has 1 saturated heterocycles. The summed E-state index contributed by atoms with van der Waals surface area (Å²) in [6.07, 6.45) is 2.36. The number of ether oxygens (including phenoxy) is 2. The van der Waals surface area contributed by atoms with Gasteiger partial charge in [-0.15, -0.1) is 0 Å². The van der Waals surface area contributed by atoms with Gasteiger partial charge in [-0.1, -0.05) is 11.6 Å². The number of rotatable bonds is 7. The van der Waals surface area contributed by atoms with Crippen molar-refractivity contribution in [1.82, 2.24) is 0 Å². The van der Waals surface area contributed by atoms with Crippen LogP contribution >= 0.6 is 11.6 Å². The molecular formula is C20H24ClN3O3. The van der Waals surface area contributed by atoms with Gasteiger partial charge in [-0.2, -0.15) is 0 Å². The minimum Gasteiger partial charge on any atom is -0.497 e. The van der Waals surface area contributed by atoms with Crippen LogP contribution in [0.25, 0.3) is 0 Å². The molecule has 2 N–H and O–H groups in total. The van der Waals surface area contributed by atoms with Gasteiger partial charge in [0, 0.05) is 24.2 Å². The normalized spacial score (nSPS) is 13.4. The van der Waals surface area contributed by atoms with Gasteiger partial charge in [0.2, 0.25) is 5.91 Å². The van der Waals surface area contributed by atoms with Crippen LogP contribution in [0.2, 0.25) is 5.02 Å². The lowest BCUT2D eigenvalue weighted by Gasteiger charge is -2.22. The van der Waals surface area contributed by atoms with Crippen LogP contribution in [0.1, 0.15) is 12.8 Å². The van der Waals surface area contributed by atoms with E-state index < -0.39 is 0 Å². The van der Waals surface area contributed by atoms with Crippen molar-refractivity contribution >= 4 is 34.6 Å². The molecule has 0 saturated carbocycles. The smallest absolute Gasteiger partial charge is 0.243 e. The van der Waals surface area contributed by atoms with Crippen LogP contribution in [0.3, 0.4) is 0 Å². The molecule has 0 aliphatic carbocycles. The first kappa shape index (κ1) is 19.2. The topological polar surface area (TPSA) is 62.8 Å². The predicted molar refractivity (Wildman–Crippen MR) is 110 cm³/mol. The number of anilines is 3. The molecule has 0 atom stereocenters. The van der Waals surface area contributed by atoms with Crippen molar-refractivity contribution in [2.45, 2.75) is 12.8 Å². The summed E-state index contributed by atoms with van der Waals surface area (Å²) < 4.78 is 10.5. The number of carbonyl (C=O) groups excluding carboxylic acids is 1. The van der Waals surface area contributed by atoms with Crippen molar-refractivity contribution in [2.24, 2.45) is 0 Å². The summed E-state index contributed by atoms with van der Waals surface area (Å²) in [5, 5.41) is 6.70. The van der Waals surface area contributed by atoms with Crippen LogP contribution < -0.4 is 25.0 Å². The molecule has 7 heteroatoms. The van der Waals surface area contributed by atoms with E-state index in [0.29, 0.717) is 22.2 Å². The number of halogens is 1. The predicted octanol–water partition coefficient (Wildman–Crippen LogP) is 4.01. The van der Waals surface area contributed by atoms with E-state index in [1.807, 2.05) is 18.2 Å². The number of nitrogens with zero attached hydrogens (tertiary/aromatic N) is 1. The molecule has 3 rings (SSSR count). The first-order chi connectivity index (χ1) is 13.1. The third-order valence-corrected chi connectivity index (χ3v) is 4.76. The van der Waals surface area contributed by atoms with Crippen molar-refractivity contribution in [3.05, 3.63) is 41.4 Å². The van der Waals surface area contributed by atoms with E-state index in [2.05, 4.69) is 15.5 Å². The van der Waals surface area contributed by atoms with Gasteiger partial charge in [0.25, 0.3) is 0 Å². The first-order valence-electron chi connectivity index (χ1n) is 8.91. The Labute approximate surface area is 164 Å². The highest BCUT2D eigenvalue weighted by molar-refractivity contribution is 6.31. The maximum atomic E-state index is 12.4. The maximum absolute atomic E-state index is 12.4. The van der Waals surface area contributed by atoms with Gasteiger partial charge in [0.05, 0.1) is 37.8 Å². The molecule has 144 valence electrons. The van der Waals surface area contributed by atoms with E-state index in [9.17, 15) is 4.79 Å². The number of carbonyl (C=O) groups is 1. The fourth-order valence-corrected chi connectivity index (χ4v) is 3.33. The summed E-state index contributed by atoms with van der Waals surface area (Å²) in [5.41, 5.74) is 2.53. The third-order valence-electron chi connectivity index (χ3n) is 4.53. The van der Waals surface area contributed by atoms with Crippen molar-refractivity contribution in [3.8, 4) is 11.5 Å². The zero-order valence-electron chi connectivity index (χ0n) is 15.5. The van der Waals surface area contributed by atoms with Gasteiger partial charge < -0.3 is 25.0 Å². The molecule has 0 unspecified atom stereocenters. The van der Waals surface area contributed by atoms with Crippen LogP contribution in [0.15, 0.2) is 36.4 Å². The van der Waals surface area contributed by atoms with Gasteiger partial charge in [0.1, 0.15) is 11.5 Å². The SMILES string of the molecule is COc1ccc(NC(=O)CNc2cc(Cl)ccc2N2CCCC2)c(OC)c1. The largest absolute Gasteiger partial charge is 0.497 e. The summed E-state index contributed by atoms with van der Waals surface area (Å²) in [4.78, 5) is 14.7. The fourth-order valence-electron chi connectivity index (χ4n) is 3.16. The number of nitrogens with one attached hydrogen (secondary N) is 2. The van der Waals surface area contributed by atoms with Crippen molar-refractivity contribution in [1.29, 1.82) is 0 Å². The molecule has 1 aliphatic rings. The Morgan fingerprint density at radius 3 is 2.56 bits per heavy atom. The van der Waals surface area contributed by atoms with Gasteiger partial charge in [-0.25, -0.2) is 0 Å². The van der Waals surface area contributed by atoms with E-state index >= 15 is 0 Å². The standard InChI is InChI=1S/C20H24ClN3O3/c1-26-15-6-7-16(19(12-15)27-2)23-20(25)13-22-17-11-14(21)5-8-18(17)24-9-3-4-10-24/h5-8,11-12,22H,3-4,9-10,13H2,1-2H3,(H,23,25). The average Bonchev–Trinajstić information content (AvgIpc) is 3.21. The summed E-state index contributed by atoms with van der Waals surface area (Å²) in [7, 11) is 3.14. The molecule has 6 nitrogen and oxygen atoms in total. The molecule has 0 radical (unpaired) electrons. The number of hydrogen-bond donors (Lipinski definition) is 2. The van der Waals surface area contributed by atoms with Crippen LogP contribution in [0.4, 0.5) is 17.1 Å². The minimum absolute atomic E-state index is 0.121. The van der Waals surface area contributed by atoms with E-state index in [-0.39, 0.29) is 12.5 Å². The Bertz CT molecular complexity index is 807. The fraction of sp³-hybridized carbons (Fsp3) is 0.350. The monoisotopic (exact) mass is 389 g/mol. The lowest BCUT2D eigenvalue weighted by molar-refractivity contribution is -0.114. The van der Waals surface area contributed by atoms with Gasteiger partial charge >= 0.3 is 0 Å². The van der Waals surface area contributed by atoms with Gasteiger partial charge in [-0.3, -0.25) is 4.79 Å². The van der Waals surface area contributed by atoms with Crippen molar-refractivity contribution in [3.63, 3.8) is 0 Å². The van der Waals surface area contributed by atoms with Gasteiger partial charge in [-0.05, 0) is 43.2 Å². The summed E-state index contributed by atoms with van der Waals surface area (Å²) in [6, 6.07) is 11.0. The number of amides is 1. The van der Waals surface area contributed by atoms with E-state index in [1.165, 1.54) is 12.8 Å².